The number of hydrogen-bond acceptors (Lipinski definition) is 4. The van der Waals surface area contributed by atoms with Gasteiger partial charge in [0, 0.05) is 12.1 Å². The van der Waals surface area contributed by atoms with Crippen molar-refractivity contribution in [2.45, 2.75) is 51.9 Å². The molecule has 0 radical (unpaired) electrons. The quantitative estimate of drug-likeness (QED) is 0.766. The summed E-state index contributed by atoms with van der Waals surface area (Å²) in [5.74, 6) is 0.0328. The normalized spacial score (nSPS) is 25.3. The van der Waals surface area contributed by atoms with Gasteiger partial charge in [-0.25, -0.2) is 9.78 Å². The molecule has 1 aliphatic heterocycles. The summed E-state index contributed by atoms with van der Waals surface area (Å²) in [6.07, 6.45) is -0.536. The Kier molecular flexibility index (Phi) is 5.44. The van der Waals surface area contributed by atoms with Crippen LogP contribution in [0.1, 0.15) is 45.7 Å². The molecular formula is C16H22Cl2N2O3. The van der Waals surface area contributed by atoms with Crippen molar-refractivity contribution < 1.29 is 14.6 Å². The van der Waals surface area contributed by atoms with Gasteiger partial charge in [0.25, 0.3) is 0 Å². The van der Waals surface area contributed by atoms with Gasteiger partial charge in [-0.1, -0.05) is 36.2 Å². The molecule has 1 N–H and O–H groups in total. The van der Waals surface area contributed by atoms with Crippen LogP contribution in [0.15, 0.2) is 12.1 Å². The highest BCUT2D eigenvalue weighted by Crippen LogP contribution is 2.38. The fourth-order valence-corrected chi connectivity index (χ4v) is 3.13. The number of aliphatic hydroxyl groups excluding tert-OH is 1. The van der Waals surface area contributed by atoms with Crippen molar-refractivity contribution in [2.75, 3.05) is 6.54 Å². The fraction of sp³-hybridized carbons (Fsp3) is 0.625. The maximum Gasteiger partial charge on any atom is 0.410 e. The standard InChI is InChI=1S/C16H22Cl2N2O3/c1-9-7-8-20(15(22)23-16(2,3)4)12(13(9)21)10-5-6-11(17)19-14(10)18/h5-6,9,12-13,21H,7-8H2,1-4H3/t9-,12+,13+/m1/s1. The van der Waals surface area contributed by atoms with Crippen LogP contribution in [-0.2, 0) is 4.74 Å². The van der Waals surface area contributed by atoms with E-state index in [0.717, 1.165) is 0 Å². The molecule has 128 valence electrons. The van der Waals surface area contributed by atoms with E-state index in [4.69, 9.17) is 27.9 Å². The molecule has 1 saturated heterocycles. The maximum absolute atomic E-state index is 12.5. The zero-order valence-corrected chi connectivity index (χ0v) is 15.2. The zero-order chi connectivity index (χ0) is 17.4. The Balaban J connectivity index is 2.37. The second kappa shape index (κ2) is 6.83. The third-order valence-corrected chi connectivity index (χ3v) is 4.37. The van der Waals surface area contributed by atoms with Crippen LogP contribution in [0, 0.1) is 5.92 Å². The van der Waals surface area contributed by atoms with Gasteiger partial charge in [-0.15, -0.1) is 0 Å². The monoisotopic (exact) mass is 360 g/mol. The van der Waals surface area contributed by atoms with Crippen molar-refractivity contribution in [1.82, 2.24) is 9.88 Å². The van der Waals surface area contributed by atoms with Crippen molar-refractivity contribution in [3.05, 3.63) is 28.0 Å². The molecule has 2 rings (SSSR count). The van der Waals surface area contributed by atoms with Gasteiger partial charge in [0.05, 0.1) is 12.1 Å². The number of carbonyl (C=O) groups is 1. The highest BCUT2D eigenvalue weighted by molar-refractivity contribution is 6.32. The minimum atomic E-state index is -0.753. The highest BCUT2D eigenvalue weighted by atomic mass is 35.5. The van der Waals surface area contributed by atoms with E-state index in [0.29, 0.717) is 18.5 Å². The molecule has 5 nitrogen and oxygen atoms in total. The number of amides is 1. The number of aliphatic hydroxyl groups is 1. The molecule has 1 aliphatic rings. The highest BCUT2D eigenvalue weighted by Gasteiger charge is 2.41. The van der Waals surface area contributed by atoms with Crippen molar-refractivity contribution in [3.63, 3.8) is 0 Å². The molecule has 0 spiro atoms. The molecule has 0 aliphatic carbocycles. The second-order valence-electron chi connectivity index (χ2n) is 6.89. The fourth-order valence-electron chi connectivity index (χ4n) is 2.67. The average Bonchev–Trinajstić information content (AvgIpc) is 2.40. The summed E-state index contributed by atoms with van der Waals surface area (Å²) in [4.78, 5) is 18.1. The Morgan fingerprint density at radius 2 is 2.04 bits per heavy atom. The molecule has 1 aromatic rings. The van der Waals surface area contributed by atoms with E-state index in [1.165, 1.54) is 4.90 Å². The number of piperidine rings is 1. The summed E-state index contributed by atoms with van der Waals surface area (Å²) in [6, 6.07) is 2.69. The van der Waals surface area contributed by atoms with Crippen LogP contribution in [0.5, 0.6) is 0 Å². The summed E-state index contributed by atoms with van der Waals surface area (Å²) in [6.45, 7) is 7.84. The second-order valence-corrected chi connectivity index (χ2v) is 7.63. The number of halogens is 2. The lowest BCUT2D eigenvalue weighted by atomic mass is 9.86. The van der Waals surface area contributed by atoms with Crippen molar-refractivity contribution in [1.29, 1.82) is 0 Å². The van der Waals surface area contributed by atoms with Crippen LogP contribution in [0.3, 0.4) is 0 Å². The summed E-state index contributed by atoms with van der Waals surface area (Å²) in [5, 5.41) is 11.1. The molecule has 0 bridgehead atoms. The molecule has 3 atom stereocenters. The number of ether oxygens (including phenoxy) is 1. The Morgan fingerprint density at radius 1 is 1.39 bits per heavy atom. The lowest BCUT2D eigenvalue weighted by molar-refractivity contribution is -0.0432. The van der Waals surface area contributed by atoms with Gasteiger partial charge in [0.1, 0.15) is 15.9 Å². The summed E-state index contributed by atoms with van der Waals surface area (Å²) < 4.78 is 5.46. The Morgan fingerprint density at radius 3 is 2.61 bits per heavy atom. The van der Waals surface area contributed by atoms with Crippen LogP contribution in [0.2, 0.25) is 10.3 Å². The van der Waals surface area contributed by atoms with E-state index >= 15 is 0 Å². The third-order valence-electron chi connectivity index (χ3n) is 3.86. The molecule has 1 amide bonds. The molecule has 2 heterocycles. The molecule has 0 aromatic carbocycles. The Labute approximate surface area is 146 Å². The van der Waals surface area contributed by atoms with E-state index in [1.807, 2.05) is 6.92 Å². The lowest BCUT2D eigenvalue weighted by Crippen LogP contribution is -2.50. The summed E-state index contributed by atoms with van der Waals surface area (Å²) in [5.41, 5.74) is -0.0431. The van der Waals surface area contributed by atoms with Crippen molar-refractivity contribution in [3.8, 4) is 0 Å². The Bertz CT molecular complexity index is 589. The third kappa shape index (κ3) is 4.28. The van der Waals surface area contributed by atoms with E-state index in [9.17, 15) is 9.90 Å². The molecular weight excluding hydrogens is 339 g/mol. The molecule has 0 unspecified atom stereocenters. The van der Waals surface area contributed by atoms with Gasteiger partial charge < -0.3 is 9.84 Å². The SMILES string of the molecule is C[C@@H]1CCN(C(=O)OC(C)(C)C)[C@@H](c2ccc(Cl)nc2Cl)[C@H]1O. The van der Waals surface area contributed by atoms with Gasteiger partial charge in [-0.2, -0.15) is 0 Å². The average molecular weight is 361 g/mol. The van der Waals surface area contributed by atoms with Crippen LogP contribution in [-0.4, -0.2) is 39.3 Å². The molecule has 0 saturated carbocycles. The lowest BCUT2D eigenvalue weighted by Gasteiger charge is -2.42. The predicted octanol–water partition coefficient (Wildman–Crippen LogP) is 4.07. The first-order chi connectivity index (χ1) is 10.6. The van der Waals surface area contributed by atoms with Crippen LogP contribution in [0.25, 0.3) is 0 Å². The number of rotatable bonds is 1. The predicted molar refractivity (Wildman–Crippen MR) is 89.7 cm³/mol. The number of pyridine rings is 1. The van der Waals surface area contributed by atoms with Gasteiger partial charge >= 0.3 is 6.09 Å². The minimum Gasteiger partial charge on any atom is -0.444 e. The van der Waals surface area contributed by atoms with Gasteiger partial charge in [0.2, 0.25) is 0 Å². The summed E-state index contributed by atoms with van der Waals surface area (Å²) >= 11 is 12.0. The number of nitrogens with zero attached hydrogens (tertiary/aromatic N) is 2. The molecule has 1 aromatic heterocycles. The minimum absolute atomic E-state index is 0.0328. The van der Waals surface area contributed by atoms with Gasteiger partial charge in [0.15, 0.2) is 0 Å². The molecule has 7 heteroatoms. The van der Waals surface area contributed by atoms with E-state index in [1.54, 1.807) is 32.9 Å². The summed E-state index contributed by atoms with van der Waals surface area (Å²) in [7, 11) is 0. The van der Waals surface area contributed by atoms with Crippen molar-refractivity contribution >= 4 is 29.3 Å². The topological polar surface area (TPSA) is 62.7 Å². The number of carbonyl (C=O) groups excluding carboxylic acids is 1. The number of aromatic nitrogens is 1. The van der Waals surface area contributed by atoms with Crippen LogP contribution in [0.4, 0.5) is 4.79 Å². The molecule has 23 heavy (non-hydrogen) atoms. The van der Waals surface area contributed by atoms with Crippen molar-refractivity contribution in [2.24, 2.45) is 5.92 Å². The van der Waals surface area contributed by atoms with E-state index < -0.39 is 23.8 Å². The van der Waals surface area contributed by atoms with E-state index in [-0.39, 0.29) is 16.2 Å². The first-order valence-electron chi connectivity index (χ1n) is 7.60. The number of hydrogen-bond donors (Lipinski definition) is 1. The van der Waals surface area contributed by atoms with Crippen LogP contribution >= 0.6 is 23.2 Å². The van der Waals surface area contributed by atoms with E-state index in [2.05, 4.69) is 4.98 Å². The zero-order valence-electron chi connectivity index (χ0n) is 13.7. The van der Waals surface area contributed by atoms with Gasteiger partial charge in [-0.3, -0.25) is 4.90 Å². The smallest absolute Gasteiger partial charge is 0.410 e. The largest absolute Gasteiger partial charge is 0.444 e. The van der Waals surface area contributed by atoms with Gasteiger partial charge in [-0.05, 0) is 39.2 Å². The Hall–Kier alpha value is -1.04. The molecule has 1 fully saturated rings. The number of likely N-dealkylation sites (tertiary alicyclic amines) is 1. The first-order valence-corrected chi connectivity index (χ1v) is 8.35. The first kappa shape index (κ1) is 18.3. The maximum atomic E-state index is 12.5. The van der Waals surface area contributed by atoms with Crippen LogP contribution < -0.4 is 0 Å².